The van der Waals surface area contributed by atoms with Gasteiger partial charge in [-0.2, -0.15) is 0 Å². The smallest absolute Gasteiger partial charge is 0.253 e. The van der Waals surface area contributed by atoms with E-state index in [1.54, 1.807) is 36.7 Å². The third-order valence-corrected chi connectivity index (χ3v) is 4.03. The van der Waals surface area contributed by atoms with E-state index >= 15 is 0 Å². The molecule has 0 aliphatic carbocycles. The number of benzene rings is 1. The topological polar surface area (TPSA) is 83.9 Å². The maximum absolute atomic E-state index is 12.2. The number of aromatic hydroxyl groups is 1. The fourth-order valence-corrected chi connectivity index (χ4v) is 2.76. The Labute approximate surface area is 146 Å². The van der Waals surface area contributed by atoms with Gasteiger partial charge in [-0.15, -0.1) is 0 Å². The Morgan fingerprint density at radius 3 is 2.92 bits per heavy atom. The maximum atomic E-state index is 12.2. The molecule has 1 saturated heterocycles. The Balaban J connectivity index is 1.58. The van der Waals surface area contributed by atoms with Crippen LogP contribution in [0.25, 0.3) is 0 Å². The molecule has 1 aliphatic rings. The van der Waals surface area contributed by atoms with Crippen LogP contribution >= 0.6 is 0 Å². The van der Waals surface area contributed by atoms with Crippen molar-refractivity contribution in [3.63, 3.8) is 0 Å². The van der Waals surface area contributed by atoms with Crippen LogP contribution in [0.15, 0.2) is 42.7 Å². The molecule has 1 amide bonds. The van der Waals surface area contributed by atoms with Crippen molar-refractivity contribution in [2.24, 2.45) is 0 Å². The second-order valence-corrected chi connectivity index (χ2v) is 5.81. The molecular weight excluding hydrogens is 322 g/mol. The number of methoxy groups -OCH3 is 1. The Morgan fingerprint density at radius 1 is 1.40 bits per heavy atom. The zero-order chi connectivity index (χ0) is 17.6. The number of nitrogens with zero attached hydrogens (tertiary/aromatic N) is 2. The minimum atomic E-state index is -0.374. The molecule has 1 aromatic heterocycles. The van der Waals surface area contributed by atoms with E-state index in [0.29, 0.717) is 31.0 Å². The van der Waals surface area contributed by atoms with Crippen molar-refractivity contribution in [3.8, 4) is 11.5 Å². The van der Waals surface area contributed by atoms with Crippen molar-refractivity contribution in [1.29, 1.82) is 0 Å². The monoisotopic (exact) mass is 343 g/mol. The summed E-state index contributed by atoms with van der Waals surface area (Å²) in [5.74, 6) is 0.389. The van der Waals surface area contributed by atoms with Gasteiger partial charge in [0.2, 0.25) is 0 Å². The van der Waals surface area contributed by atoms with Crippen LogP contribution in [0.3, 0.4) is 0 Å². The molecule has 2 N–H and O–H groups in total. The Kier molecular flexibility index (Phi) is 5.47. The molecule has 1 atom stereocenters. The number of hydrogen-bond acceptors (Lipinski definition) is 6. The fraction of sp³-hybridized carbons (Fsp3) is 0.333. The van der Waals surface area contributed by atoms with Gasteiger partial charge in [-0.25, -0.2) is 0 Å². The van der Waals surface area contributed by atoms with Gasteiger partial charge in [0.15, 0.2) is 11.5 Å². The van der Waals surface area contributed by atoms with Crippen molar-refractivity contribution < 1.29 is 19.4 Å². The first-order chi connectivity index (χ1) is 12.2. The normalized spacial score (nSPS) is 17.9. The van der Waals surface area contributed by atoms with E-state index in [1.807, 2.05) is 6.07 Å². The van der Waals surface area contributed by atoms with E-state index in [0.717, 1.165) is 12.1 Å². The molecule has 7 nitrogen and oxygen atoms in total. The van der Waals surface area contributed by atoms with Crippen LogP contribution in [0.4, 0.5) is 0 Å². The van der Waals surface area contributed by atoms with E-state index in [4.69, 9.17) is 9.47 Å². The first-order valence-corrected chi connectivity index (χ1v) is 8.06. The zero-order valence-electron chi connectivity index (χ0n) is 14.0. The van der Waals surface area contributed by atoms with Gasteiger partial charge in [-0.1, -0.05) is 6.07 Å². The highest BCUT2D eigenvalue weighted by Crippen LogP contribution is 2.26. The van der Waals surface area contributed by atoms with Crippen molar-refractivity contribution in [2.75, 3.05) is 26.8 Å². The Hall–Kier alpha value is -2.64. The molecule has 25 heavy (non-hydrogen) atoms. The summed E-state index contributed by atoms with van der Waals surface area (Å²) in [4.78, 5) is 18.3. The predicted octanol–water partition coefficient (Wildman–Crippen LogP) is 1.38. The molecule has 2 aromatic rings. The summed E-state index contributed by atoms with van der Waals surface area (Å²) in [7, 11) is 1.52. The van der Waals surface area contributed by atoms with Crippen molar-refractivity contribution in [3.05, 3.63) is 53.9 Å². The highest BCUT2D eigenvalue weighted by atomic mass is 16.5. The van der Waals surface area contributed by atoms with Gasteiger partial charge in [0, 0.05) is 37.6 Å². The number of phenols is 1. The minimum absolute atomic E-state index is 0.121. The lowest BCUT2D eigenvalue weighted by Crippen LogP contribution is -2.50. The van der Waals surface area contributed by atoms with Gasteiger partial charge in [0.1, 0.15) is 6.23 Å². The first-order valence-electron chi connectivity index (χ1n) is 8.06. The zero-order valence-corrected chi connectivity index (χ0v) is 14.0. The van der Waals surface area contributed by atoms with Gasteiger partial charge < -0.3 is 19.9 Å². The summed E-state index contributed by atoms with van der Waals surface area (Å²) in [6.45, 7) is 2.52. The molecule has 7 heteroatoms. The number of pyridine rings is 1. The summed E-state index contributed by atoms with van der Waals surface area (Å²) in [6.07, 6.45) is 2.79. The number of aromatic nitrogens is 1. The average Bonchev–Trinajstić information content (AvgIpc) is 2.63. The highest BCUT2D eigenvalue weighted by Gasteiger charge is 2.22. The van der Waals surface area contributed by atoms with Crippen molar-refractivity contribution >= 4 is 5.91 Å². The molecule has 1 aromatic carbocycles. The van der Waals surface area contributed by atoms with Gasteiger partial charge in [-0.3, -0.25) is 14.7 Å². The van der Waals surface area contributed by atoms with Gasteiger partial charge in [-0.05, 0) is 29.8 Å². The van der Waals surface area contributed by atoms with Crippen LogP contribution in [0.5, 0.6) is 11.5 Å². The molecule has 3 rings (SSSR count). The van der Waals surface area contributed by atoms with Crippen LogP contribution in [-0.4, -0.2) is 53.9 Å². The Morgan fingerprint density at radius 2 is 2.20 bits per heavy atom. The lowest BCUT2D eigenvalue weighted by atomic mass is 10.1. The van der Waals surface area contributed by atoms with Crippen LogP contribution < -0.4 is 10.1 Å². The summed E-state index contributed by atoms with van der Waals surface area (Å²) in [5.41, 5.74) is 1.52. The number of amides is 1. The standard InChI is InChI=1S/C18H21N3O4/c1-24-16-3-2-13(10-15(16)22)11-21-8-9-25-17(12-21)20-18(23)14-4-6-19-7-5-14/h2-7,10,17,22H,8-9,11-12H2,1H3,(H,20,23). The SMILES string of the molecule is COc1ccc(CN2CCOC(NC(=O)c3ccncc3)C2)cc1O. The second-order valence-electron chi connectivity index (χ2n) is 5.81. The molecule has 132 valence electrons. The first kappa shape index (κ1) is 17.2. The number of hydrogen-bond donors (Lipinski definition) is 2. The third kappa shape index (κ3) is 4.46. The van der Waals surface area contributed by atoms with Gasteiger partial charge >= 0.3 is 0 Å². The largest absolute Gasteiger partial charge is 0.504 e. The minimum Gasteiger partial charge on any atom is -0.504 e. The van der Waals surface area contributed by atoms with Gasteiger partial charge in [0.05, 0.1) is 13.7 Å². The van der Waals surface area contributed by atoms with Crippen LogP contribution in [0.2, 0.25) is 0 Å². The van der Waals surface area contributed by atoms with E-state index in [1.165, 1.54) is 7.11 Å². The quantitative estimate of drug-likeness (QED) is 0.853. The van der Waals surface area contributed by atoms with Crippen LogP contribution in [-0.2, 0) is 11.3 Å². The average molecular weight is 343 g/mol. The fourth-order valence-electron chi connectivity index (χ4n) is 2.76. The highest BCUT2D eigenvalue weighted by molar-refractivity contribution is 5.94. The van der Waals surface area contributed by atoms with Crippen molar-refractivity contribution in [1.82, 2.24) is 15.2 Å². The lowest BCUT2D eigenvalue weighted by Gasteiger charge is -2.33. The predicted molar refractivity (Wildman–Crippen MR) is 91.4 cm³/mol. The van der Waals surface area contributed by atoms with E-state index < -0.39 is 0 Å². The molecular formula is C18H21N3O4. The number of carbonyl (C=O) groups excluding carboxylic acids is 1. The molecule has 0 saturated carbocycles. The maximum Gasteiger partial charge on any atom is 0.253 e. The van der Waals surface area contributed by atoms with E-state index in [-0.39, 0.29) is 17.9 Å². The second kappa shape index (κ2) is 7.96. The number of morpholine rings is 1. The number of carbonyl (C=O) groups is 1. The Bertz CT molecular complexity index is 724. The number of ether oxygens (including phenoxy) is 2. The lowest BCUT2D eigenvalue weighted by molar-refractivity contribution is -0.0438. The van der Waals surface area contributed by atoms with Crippen molar-refractivity contribution in [2.45, 2.75) is 12.8 Å². The van der Waals surface area contributed by atoms with Crippen LogP contribution in [0.1, 0.15) is 15.9 Å². The molecule has 0 radical (unpaired) electrons. The summed E-state index contributed by atoms with van der Waals surface area (Å²) in [5, 5.41) is 12.8. The summed E-state index contributed by atoms with van der Waals surface area (Å²) >= 11 is 0. The van der Waals surface area contributed by atoms with Crippen LogP contribution in [0, 0.1) is 0 Å². The number of nitrogens with one attached hydrogen (secondary N) is 1. The summed E-state index contributed by atoms with van der Waals surface area (Å²) < 4.78 is 10.7. The van der Waals surface area contributed by atoms with E-state index in [2.05, 4.69) is 15.2 Å². The summed E-state index contributed by atoms with van der Waals surface area (Å²) in [6, 6.07) is 8.68. The molecule has 1 unspecified atom stereocenters. The third-order valence-electron chi connectivity index (χ3n) is 4.03. The molecule has 2 heterocycles. The molecule has 0 bridgehead atoms. The van der Waals surface area contributed by atoms with E-state index in [9.17, 15) is 9.90 Å². The molecule has 1 aliphatic heterocycles. The number of phenolic OH excluding ortho intramolecular Hbond substituents is 1. The van der Waals surface area contributed by atoms with Gasteiger partial charge in [0.25, 0.3) is 5.91 Å². The molecule has 0 spiro atoms. The molecule has 1 fully saturated rings. The number of rotatable bonds is 5.